The van der Waals surface area contributed by atoms with Crippen molar-refractivity contribution in [1.82, 2.24) is 15.2 Å². The summed E-state index contributed by atoms with van der Waals surface area (Å²) in [6.45, 7) is 8.15. The van der Waals surface area contributed by atoms with Crippen LogP contribution in [-0.4, -0.2) is 55.1 Å². The number of aryl methyl sites for hydroxylation is 1. The molecule has 5 heteroatoms. The average Bonchev–Trinajstić information content (AvgIpc) is 2.61. The summed E-state index contributed by atoms with van der Waals surface area (Å²) < 4.78 is 0. The predicted octanol–water partition coefficient (Wildman–Crippen LogP) is 1.82. The molecule has 1 N–H and O–H groups in total. The van der Waals surface area contributed by atoms with Gasteiger partial charge in [-0.3, -0.25) is 4.79 Å². The molecule has 3 aliphatic rings. The van der Waals surface area contributed by atoms with Crippen LogP contribution in [0.15, 0.2) is 18.3 Å². The van der Waals surface area contributed by atoms with Gasteiger partial charge in [0.1, 0.15) is 5.82 Å². The van der Waals surface area contributed by atoms with Gasteiger partial charge >= 0.3 is 0 Å². The van der Waals surface area contributed by atoms with E-state index in [0.29, 0.717) is 11.3 Å². The van der Waals surface area contributed by atoms with E-state index in [0.717, 1.165) is 57.9 Å². The Hall–Kier alpha value is -1.62. The Kier molecular flexibility index (Phi) is 4.21. The molecule has 0 aromatic carbocycles. The second-order valence-corrected chi connectivity index (χ2v) is 7.88. The van der Waals surface area contributed by atoms with Crippen molar-refractivity contribution in [1.29, 1.82) is 0 Å². The highest BCUT2D eigenvalue weighted by molar-refractivity contribution is 5.79. The minimum atomic E-state index is 0.209. The molecule has 3 aliphatic heterocycles. The van der Waals surface area contributed by atoms with Crippen LogP contribution in [0, 0.1) is 18.3 Å². The number of hydrogen-bond donors (Lipinski definition) is 1. The molecular formula is C19H28N4O. The molecule has 4 heterocycles. The SMILES string of the molecule is Cc1ccc(N2CCC(C(=O)N3CCC4(CC3)CNC4)CC2)nc1. The molecule has 3 fully saturated rings. The molecule has 0 unspecified atom stereocenters. The summed E-state index contributed by atoms with van der Waals surface area (Å²) >= 11 is 0. The van der Waals surface area contributed by atoms with E-state index in [1.807, 2.05) is 6.20 Å². The zero-order chi connectivity index (χ0) is 16.6. The number of anilines is 1. The van der Waals surface area contributed by atoms with E-state index >= 15 is 0 Å². The first-order valence-corrected chi connectivity index (χ1v) is 9.32. The number of piperidine rings is 2. The fraction of sp³-hybridized carbons (Fsp3) is 0.684. The summed E-state index contributed by atoms with van der Waals surface area (Å²) in [5.74, 6) is 1.65. The Bertz CT molecular complexity index is 578. The highest BCUT2D eigenvalue weighted by Gasteiger charge is 2.41. The van der Waals surface area contributed by atoms with Crippen LogP contribution in [0.5, 0.6) is 0 Å². The molecular weight excluding hydrogens is 300 g/mol. The largest absolute Gasteiger partial charge is 0.357 e. The number of likely N-dealkylation sites (tertiary alicyclic amines) is 1. The Morgan fingerprint density at radius 3 is 2.42 bits per heavy atom. The van der Waals surface area contributed by atoms with Crippen molar-refractivity contribution in [2.75, 3.05) is 44.2 Å². The number of amides is 1. The summed E-state index contributed by atoms with van der Waals surface area (Å²) in [6, 6.07) is 4.20. The molecule has 5 nitrogen and oxygen atoms in total. The van der Waals surface area contributed by atoms with E-state index in [4.69, 9.17) is 0 Å². The lowest BCUT2D eigenvalue weighted by atomic mass is 9.73. The van der Waals surface area contributed by atoms with Crippen LogP contribution in [0.4, 0.5) is 5.82 Å². The zero-order valence-electron chi connectivity index (χ0n) is 14.6. The molecule has 130 valence electrons. The number of aromatic nitrogens is 1. The minimum absolute atomic E-state index is 0.209. The fourth-order valence-electron chi connectivity index (χ4n) is 4.29. The number of nitrogens with one attached hydrogen (secondary N) is 1. The van der Waals surface area contributed by atoms with Gasteiger partial charge in [-0.05, 0) is 49.7 Å². The Morgan fingerprint density at radius 1 is 1.17 bits per heavy atom. The second-order valence-electron chi connectivity index (χ2n) is 7.88. The molecule has 4 rings (SSSR count). The quantitative estimate of drug-likeness (QED) is 0.900. The predicted molar refractivity (Wildman–Crippen MR) is 95.0 cm³/mol. The van der Waals surface area contributed by atoms with Gasteiger partial charge in [0, 0.05) is 51.4 Å². The number of rotatable bonds is 2. The normalized spacial score (nSPS) is 24.0. The van der Waals surface area contributed by atoms with Gasteiger partial charge in [0.05, 0.1) is 0 Å². The Labute approximate surface area is 144 Å². The maximum atomic E-state index is 12.8. The van der Waals surface area contributed by atoms with Gasteiger partial charge in [0.15, 0.2) is 0 Å². The van der Waals surface area contributed by atoms with Gasteiger partial charge in [0.2, 0.25) is 5.91 Å². The van der Waals surface area contributed by atoms with Crippen molar-refractivity contribution in [2.45, 2.75) is 32.6 Å². The van der Waals surface area contributed by atoms with Gasteiger partial charge in [0.25, 0.3) is 0 Å². The van der Waals surface area contributed by atoms with E-state index in [-0.39, 0.29) is 5.92 Å². The summed E-state index contributed by atoms with van der Waals surface area (Å²) in [5, 5.41) is 3.39. The maximum Gasteiger partial charge on any atom is 0.225 e. The van der Waals surface area contributed by atoms with Crippen molar-refractivity contribution < 1.29 is 4.79 Å². The van der Waals surface area contributed by atoms with Gasteiger partial charge in [-0.25, -0.2) is 4.98 Å². The van der Waals surface area contributed by atoms with Crippen molar-refractivity contribution in [2.24, 2.45) is 11.3 Å². The molecule has 0 saturated carbocycles. The van der Waals surface area contributed by atoms with Gasteiger partial charge in [-0.2, -0.15) is 0 Å². The molecule has 1 aromatic heterocycles. The van der Waals surface area contributed by atoms with Gasteiger partial charge in [-0.1, -0.05) is 6.07 Å². The molecule has 1 spiro atoms. The van der Waals surface area contributed by atoms with Crippen LogP contribution in [0.2, 0.25) is 0 Å². The summed E-state index contributed by atoms with van der Waals surface area (Å²) in [7, 11) is 0. The lowest BCUT2D eigenvalue weighted by molar-refractivity contribution is -0.139. The standard InChI is InChI=1S/C19H28N4O/c1-15-2-3-17(21-12-15)22-8-4-16(5-9-22)18(24)23-10-6-19(7-11-23)13-20-14-19/h2-3,12,16,20H,4-11,13-14H2,1H3. The van der Waals surface area contributed by atoms with Crippen molar-refractivity contribution >= 4 is 11.7 Å². The van der Waals surface area contributed by atoms with Crippen LogP contribution in [0.25, 0.3) is 0 Å². The van der Waals surface area contributed by atoms with Crippen LogP contribution in [0.3, 0.4) is 0 Å². The van der Waals surface area contributed by atoms with Crippen LogP contribution in [0.1, 0.15) is 31.2 Å². The molecule has 1 amide bonds. The monoisotopic (exact) mass is 328 g/mol. The second kappa shape index (κ2) is 6.36. The summed E-state index contributed by atoms with van der Waals surface area (Å²) in [4.78, 5) is 21.8. The van der Waals surface area contributed by atoms with Gasteiger partial charge < -0.3 is 15.1 Å². The van der Waals surface area contributed by atoms with E-state index in [9.17, 15) is 4.79 Å². The zero-order valence-corrected chi connectivity index (χ0v) is 14.6. The third-order valence-corrected chi connectivity index (χ3v) is 6.20. The van der Waals surface area contributed by atoms with Crippen molar-refractivity contribution in [3.63, 3.8) is 0 Å². The topological polar surface area (TPSA) is 48.5 Å². The van der Waals surface area contributed by atoms with Crippen LogP contribution in [-0.2, 0) is 4.79 Å². The summed E-state index contributed by atoms with van der Waals surface area (Å²) in [6.07, 6.45) is 6.19. The van der Waals surface area contributed by atoms with Gasteiger partial charge in [-0.15, -0.1) is 0 Å². The van der Waals surface area contributed by atoms with Crippen molar-refractivity contribution in [3.8, 4) is 0 Å². The molecule has 0 aliphatic carbocycles. The average molecular weight is 328 g/mol. The number of carbonyl (C=O) groups is 1. The first kappa shape index (κ1) is 15.9. The summed E-state index contributed by atoms with van der Waals surface area (Å²) in [5.41, 5.74) is 1.70. The van der Waals surface area contributed by atoms with E-state index in [1.54, 1.807) is 0 Å². The highest BCUT2D eigenvalue weighted by Crippen LogP contribution is 2.36. The lowest BCUT2D eigenvalue weighted by Gasteiger charge is -2.49. The van der Waals surface area contributed by atoms with E-state index in [2.05, 4.69) is 39.2 Å². The van der Waals surface area contributed by atoms with Crippen LogP contribution >= 0.6 is 0 Å². The Morgan fingerprint density at radius 2 is 1.88 bits per heavy atom. The first-order chi connectivity index (χ1) is 11.7. The molecule has 1 aromatic rings. The molecule has 0 radical (unpaired) electrons. The van der Waals surface area contributed by atoms with E-state index < -0.39 is 0 Å². The third-order valence-electron chi connectivity index (χ3n) is 6.20. The number of hydrogen-bond acceptors (Lipinski definition) is 4. The first-order valence-electron chi connectivity index (χ1n) is 9.32. The fourth-order valence-corrected chi connectivity index (χ4v) is 4.29. The smallest absolute Gasteiger partial charge is 0.225 e. The highest BCUT2D eigenvalue weighted by atomic mass is 16.2. The maximum absolute atomic E-state index is 12.8. The van der Waals surface area contributed by atoms with Crippen LogP contribution < -0.4 is 10.2 Å². The lowest BCUT2D eigenvalue weighted by Crippen LogP contribution is -2.59. The van der Waals surface area contributed by atoms with Crippen molar-refractivity contribution in [3.05, 3.63) is 23.9 Å². The Balaban J connectivity index is 1.29. The molecule has 24 heavy (non-hydrogen) atoms. The van der Waals surface area contributed by atoms with E-state index in [1.165, 1.54) is 18.4 Å². The number of nitrogens with zero attached hydrogens (tertiary/aromatic N) is 3. The third kappa shape index (κ3) is 3.02. The minimum Gasteiger partial charge on any atom is -0.357 e. The number of carbonyl (C=O) groups excluding carboxylic acids is 1. The molecule has 0 atom stereocenters. The number of pyridine rings is 1. The molecule has 3 saturated heterocycles. The molecule has 0 bridgehead atoms.